The van der Waals surface area contributed by atoms with E-state index in [0.29, 0.717) is 17.4 Å². The van der Waals surface area contributed by atoms with Gasteiger partial charge in [0.25, 0.3) is 0 Å². The number of para-hydroxylation sites is 1. The molecule has 2 nitrogen and oxygen atoms in total. The molecule has 3 rings (SSSR count). The van der Waals surface area contributed by atoms with Gasteiger partial charge in [0, 0.05) is 29.8 Å². The highest BCUT2D eigenvalue weighted by molar-refractivity contribution is 5.88. The average molecular weight is 365 g/mol. The van der Waals surface area contributed by atoms with Crippen LogP contribution in [0.1, 0.15) is 24.5 Å². The number of hydrogen-bond acceptors (Lipinski definition) is 2. The molecule has 0 radical (unpaired) electrons. The molecular weight excluding hydrogens is 344 g/mol. The van der Waals surface area contributed by atoms with Crippen LogP contribution >= 0.6 is 0 Å². The van der Waals surface area contributed by atoms with Crippen molar-refractivity contribution < 1.29 is 13.6 Å². The highest BCUT2D eigenvalue weighted by Crippen LogP contribution is 2.33. The van der Waals surface area contributed by atoms with Gasteiger partial charge < -0.3 is 0 Å². The number of carbonyl (C=O) groups is 1. The minimum absolute atomic E-state index is 0.0314. The summed E-state index contributed by atoms with van der Waals surface area (Å²) in [6, 6.07) is 16.0. The van der Waals surface area contributed by atoms with E-state index >= 15 is 0 Å². The third kappa shape index (κ3) is 4.45. The second kappa shape index (κ2) is 7.78. The molecule has 138 valence electrons. The van der Waals surface area contributed by atoms with Crippen LogP contribution in [0.4, 0.5) is 8.78 Å². The van der Waals surface area contributed by atoms with Crippen molar-refractivity contribution in [3.63, 3.8) is 0 Å². The van der Waals surface area contributed by atoms with Crippen LogP contribution in [0.15, 0.2) is 73.2 Å². The van der Waals surface area contributed by atoms with Crippen molar-refractivity contribution in [2.45, 2.75) is 26.2 Å². The van der Waals surface area contributed by atoms with Crippen molar-refractivity contribution in [2.24, 2.45) is 5.41 Å². The minimum atomic E-state index is -0.913. The summed E-state index contributed by atoms with van der Waals surface area (Å²) in [5.41, 5.74) is 1.01. The molecule has 1 heterocycles. The standard InChI is InChI=1S/C23H21F2NO/c1-16(24)13-23(2,14-17-7-4-3-5-8-17)21(27)12-18-11-19-9-6-10-20(25)22(19)26-15-18/h3-11,15H,1,12-14H2,2H3. The first-order chi connectivity index (χ1) is 12.9. The molecule has 0 aliphatic rings. The maximum absolute atomic E-state index is 13.8. The number of rotatable bonds is 7. The highest BCUT2D eigenvalue weighted by atomic mass is 19.1. The Bertz CT molecular complexity index is 984. The molecule has 0 saturated carbocycles. The number of nitrogens with zero attached hydrogens (tertiary/aromatic N) is 1. The zero-order valence-electron chi connectivity index (χ0n) is 15.2. The Morgan fingerprint density at radius 3 is 2.56 bits per heavy atom. The van der Waals surface area contributed by atoms with Crippen LogP contribution in [0.25, 0.3) is 10.9 Å². The lowest BCUT2D eigenvalue weighted by Gasteiger charge is -2.28. The van der Waals surface area contributed by atoms with Gasteiger partial charge in [0.2, 0.25) is 0 Å². The fraction of sp³-hybridized carbons (Fsp3) is 0.217. The van der Waals surface area contributed by atoms with Crippen LogP contribution in [0, 0.1) is 11.2 Å². The van der Waals surface area contributed by atoms with E-state index < -0.39 is 17.1 Å². The van der Waals surface area contributed by atoms with Crippen molar-refractivity contribution in [2.75, 3.05) is 0 Å². The van der Waals surface area contributed by atoms with E-state index in [9.17, 15) is 13.6 Å². The number of aromatic nitrogens is 1. The molecule has 27 heavy (non-hydrogen) atoms. The summed E-state index contributed by atoms with van der Waals surface area (Å²) in [7, 11) is 0. The van der Waals surface area contributed by atoms with Gasteiger partial charge in [-0.1, -0.05) is 56.0 Å². The Balaban J connectivity index is 1.86. The van der Waals surface area contributed by atoms with Crippen molar-refractivity contribution in [3.8, 4) is 0 Å². The predicted molar refractivity (Wildman–Crippen MR) is 104 cm³/mol. The number of fused-ring (bicyclic) bond motifs is 1. The first kappa shape index (κ1) is 18.9. The monoisotopic (exact) mass is 365 g/mol. The van der Waals surface area contributed by atoms with Crippen LogP contribution in [-0.2, 0) is 17.6 Å². The van der Waals surface area contributed by atoms with Crippen LogP contribution in [0.2, 0.25) is 0 Å². The molecule has 1 aromatic heterocycles. The molecule has 1 atom stereocenters. The summed E-state index contributed by atoms with van der Waals surface area (Å²) in [5, 5.41) is 0.639. The predicted octanol–water partition coefficient (Wildman–Crippen LogP) is 5.61. The van der Waals surface area contributed by atoms with Crippen molar-refractivity contribution in [3.05, 3.63) is 90.1 Å². The minimum Gasteiger partial charge on any atom is -0.299 e. The van der Waals surface area contributed by atoms with Crippen LogP contribution < -0.4 is 0 Å². The number of halogens is 2. The Morgan fingerprint density at radius 1 is 1.11 bits per heavy atom. The number of hydrogen-bond donors (Lipinski definition) is 0. The lowest BCUT2D eigenvalue weighted by atomic mass is 9.75. The number of allylic oxidation sites excluding steroid dienone is 1. The van der Waals surface area contributed by atoms with Crippen molar-refractivity contribution in [1.29, 1.82) is 0 Å². The van der Waals surface area contributed by atoms with Gasteiger partial charge in [0.15, 0.2) is 0 Å². The van der Waals surface area contributed by atoms with Gasteiger partial charge in [0.05, 0.1) is 5.83 Å². The fourth-order valence-electron chi connectivity index (χ4n) is 3.39. The summed E-state index contributed by atoms with van der Waals surface area (Å²) in [5.74, 6) is -1.00. The first-order valence-electron chi connectivity index (χ1n) is 8.81. The molecular formula is C23H21F2NO. The van der Waals surface area contributed by atoms with E-state index in [0.717, 1.165) is 5.56 Å². The van der Waals surface area contributed by atoms with Crippen LogP contribution in [0.3, 0.4) is 0 Å². The first-order valence-corrected chi connectivity index (χ1v) is 8.81. The molecule has 2 aromatic carbocycles. The van der Waals surface area contributed by atoms with Crippen LogP contribution in [-0.4, -0.2) is 10.8 Å². The van der Waals surface area contributed by atoms with Gasteiger partial charge in [-0.2, -0.15) is 0 Å². The Hall–Kier alpha value is -2.88. The second-order valence-corrected chi connectivity index (χ2v) is 7.17. The largest absolute Gasteiger partial charge is 0.299 e. The zero-order chi connectivity index (χ0) is 19.4. The second-order valence-electron chi connectivity index (χ2n) is 7.17. The highest BCUT2D eigenvalue weighted by Gasteiger charge is 2.34. The lowest BCUT2D eigenvalue weighted by Crippen LogP contribution is -2.32. The maximum atomic E-state index is 13.8. The van der Waals surface area contributed by atoms with E-state index in [1.54, 1.807) is 25.1 Å². The normalized spacial score (nSPS) is 13.3. The lowest BCUT2D eigenvalue weighted by molar-refractivity contribution is -0.127. The van der Waals surface area contributed by atoms with Gasteiger partial charge >= 0.3 is 0 Å². The topological polar surface area (TPSA) is 30.0 Å². The number of benzene rings is 2. The molecule has 1 unspecified atom stereocenters. The Morgan fingerprint density at radius 2 is 1.85 bits per heavy atom. The molecule has 4 heteroatoms. The molecule has 0 aliphatic heterocycles. The fourth-order valence-corrected chi connectivity index (χ4v) is 3.39. The van der Waals surface area contributed by atoms with Crippen LogP contribution in [0.5, 0.6) is 0 Å². The summed E-state index contributed by atoms with van der Waals surface area (Å²) in [6.45, 7) is 5.11. The maximum Gasteiger partial charge on any atom is 0.149 e. The third-order valence-electron chi connectivity index (χ3n) is 4.78. The van der Waals surface area contributed by atoms with Gasteiger partial charge in [-0.3, -0.25) is 9.78 Å². The molecule has 0 amide bonds. The molecule has 0 fully saturated rings. The van der Waals surface area contributed by atoms with Gasteiger partial charge in [0.1, 0.15) is 17.1 Å². The summed E-state index contributed by atoms with van der Waals surface area (Å²) < 4.78 is 27.4. The quantitative estimate of drug-likeness (QED) is 0.545. The van der Waals surface area contributed by atoms with E-state index in [1.807, 2.05) is 30.3 Å². The summed E-state index contributed by atoms with van der Waals surface area (Å²) >= 11 is 0. The summed E-state index contributed by atoms with van der Waals surface area (Å²) in [6.07, 6.45) is 2.01. The van der Waals surface area contributed by atoms with E-state index in [1.165, 1.54) is 12.3 Å². The molecule has 0 saturated heterocycles. The molecule has 0 N–H and O–H groups in total. The average Bonchev–Trinajstić information content (AvgIpc) is 2.62. The molecule has 3 aromatic rings. The summed E-state index contributed by atoms with van der Waals surface area (Å²) in [4.78, 5) is 17.2. The van der Waals surface area contributed by atoms with E-state index in [2.05, 4.69) is 11.6 Å². The Kier molecular flexibility index (Phi) is 5.45. The van der Waals surface area contributed by atoms with E-state index in [4.69, 9.17) is 0 Å². The van der Waals surface area contributed by atoms with Crippen molar-refractivity contribution >= 4 is 16.7 Å². The van der Waals surface area contributed by atoms with E-state index in [-0.39, 0.29) is 24.1 Å². The Labute approximate surface area is 157 Å². The zero-order valence-corrected chi connectivity index (χ0v) is 15.2. The number of carbonyl (C=O) groups excluding carboxylic acids is 1. The van der Waals surface area contributed by atoms with Gasteiger partial charge in [-0.25, -0.2) is 8.78 Å². The molecule has 0 aliphatic carbocycles. The van der Waals surface area contributed by atoms with Gasteiger partial charge in [-0.05, 0) is 29.7 Å². The smallest absolute Gasteiger partial charge is 0.149 e. The number of Topliss-reactive ketones (excluding diaryl/α,β-unsaturated/α-hetero) is 1. The number of ketones is 1. The van der Waals surface area contributed by atoms with Gasteiger partial charge in [-0.15, -0.1) is 0 Å². The third-order valence-corrected chi connectivity index (χ3v) is 4.78. The SMILES string of the molecule is C=C(F)CC(C)(Cc1ccccc1)C(=O)Cc1cnc2c(F)cccc2c1. The molecule has 0 spiro atoms. The number of pyridine rings is 1. The van der Waals surface area contributed by atoms with Crippen molar-refractivity contribution in [1.82, 2.24) is 4.98 Å². The molecule has 0 bridgehead atoms.